The van der Waals surface area contributed by atoms with Crippen molar-refractivity contribution in [2.75, 3.05) is 5.73 Å². The van der Waals surface area contributed by atoms with Crippen molar-refractivity contribution in [2.24, 2.45) is 0 Å². The van der Waals surface area contributed by atoms with Crippen molar-refractivity contribution >= 4 is 11.4 Å². The second kappa shape index (κ2) is 5.87. The fourth-order valence-electron chi connectivity index (χ4n) is 2.64. The second-order valence-corrected chi connectivity index (χ2v) is 5.33. The molecule has 3 N–H and O–H groups in total. The minimum Gasteiger partial charge on any atom is -0.399 e. The van der Waals surface area contributed by atoms with Gasteiger partial charge in [-0.15, -0.1) is 0 Å². The summed E-state index contributed by atoms with van der Waals surface area (Å²) in [4.78, 5) is 2.34. The fourth-order valence-corrected chi connectivity index (χ4v) is 2.64. The first-order chi connectivity index (χ1) is 9.52. The molecule has 1 aliphatic rings. The Labute approximate surface area is 121 Å². The van der Waals surface area contributed by atoms with Crippen LogP contribution in [0, 0.1) is 0 Å². The summed E-state index contributed by atoms with van der Waals surface area (Å²) in [5.41, 5.74) is 11.2. The lowest BCUT2D eigenvalue weighted by Gasteiger charge is -2.27. The molecule has 0 amide bonds. The number of benzene rings is 1. The Morgan fingerprint density at radius 2 is 2.30 bits per heavy atom. The Balaban J connectivity index is 1.99. The number of nitrogens with one attached hydrogen (secondary N) is 1. The summed E-state index contributed by atoms with van der Waals surface area (Å²) in [5, 5.41) is 3.04. The van der Waals surface area contributed by atoms with Gasteiger partial charge >= 0.3 is 0 Å². The summed E-state index contributed by atoms with van der Waals surface area (Å²) in [5.74, 6) is 0. The summed E-state index contributed by atoms with van der Waals surface area (Å²) < 4.78 is 0. The second-order valence-electron chi connectivity index (χ2n) is 5.33. The molecule has 0 aliphatic carbocycles. The number of anilines is 1. The molecule has 106 valence electrons. The SMILES string of the molecule is C=CNC(=C)CCC(C)N1Cc2cc(N)ccc2C1=C. The molecule has 1 unspecified atom stereocenters. The Hall–Kier alpha value is -2.16. The van der Waals surface area contributed by atoms with E-state index in [1.165, 1.54) is 11.1 Å². The minimum atomic E-state index is 0.416. The smallest absolute Gasteiger partial charge is 0.0439 e. The van der Waals surface area contributed by atoms with E-state index in [1.807, 2.05) is 12.1 Å². The van der Waals surface area contributed by atoms with Crippen LogP contribution in [0.25, 0.3) is 5.70 Å². The van der Waals surface area contributed by atoms with Crippen molar-refractivity contribution in [1.82, 2.24) is 10.2 Å². The van der Waals surface area contributed by atoms with Gasteiger partial charge in [0, 0.05) is 35.2 Å². The van der Waals surface area contributed by atoms with E-state index >= 15 is 0 Å². The maximum atomic E-state index is 5.85. The number of hydrogen-bond donors (Lipinski definition) is 2. The highest BCUT2D eigenvalue weighted by molar-refractivity contribution is 5.71. The van der Waals surface area contributed by atoms with Crippen molar-refractivity contribution in [3.05, 3.63) is 61.0 Å². The molecule has 1 aromatic rings. The van der Waals surface area contributed by atoms with Crippen LogP contribution in [-0.2, 0) is 6.54 Å². The van der Waals surface area contributed by atoms with Crippen LogP contribution < -0.4 is 11.1 Å². The number of rotatable bonds is 6. The molecule has 0 saturated carbocycles. The molecular weight excluding hydrogens is 246 g/mol. The van der Waals surface area contributed by atoms with E-state index in [-0.39, 0.29) is 0 Å². The standard InChI is InChI=1S/C17H23N3/c1-5-19-12(2)6-7-13(3)20-11-15-10-16(18)8-9-17(15)14(20)4/h5,8-10,13,19H,1-2,4,6-7,11,18H2,3H3. The topological polar surface area (TPSA) is 41.3 Å². The van der Waals surface area contributed by atoms with E-state index in [2.05, 4.69) is 42.9 Å². The first-order valence-corrected chi connectivity index (χ1v) is 6.92. The zero-order valence-electron chi connectivity index (χ0n) is 12.2. The van der Waals surface area contributed by atoms with Crippen LogP contribution in [0.1, 0.15) is 30.9 Å². The van der Waals surface area contributed by atoms with Gasteiger partial charge in [-0.1, -0.05) is 25.8 Å². The first-order valence-electron chi connectivity index (χ1n) is 6.92. The molecular formula is C17H23N3. The van der Waals surface area contributed by atoms with Gasteiger partial charge in [-0.2, -0.15) is 0 Å². The third-order valence-electron chi connectivity index (χ3n) is 3.83. The molecule has 1 aromatic carbocycles. The lowest BCUT2D eigenvalue weighted by Crippen LogP contribution is -2.27. The van der Waals surface area contributed by atoms with Crippen LogP contribution in [-0.4, -0.2) is 10.9 Å². The number of nitrogens with zero attached hydrogens (tertiary/aromatic N) is 1. The number of nitrogen functional groups attached to an aromatic ring is 1. The molecule has 1 heterocycles. The van der Waals surface area contributed by atoms with Gasteiger partial charge in [-0.3, -0.25) is 0 Å². The van der Waals surface area contributed by atoms with E-state index in [9.17, 15) is 0 Å². The fraction of sp³-hybridized carbons (Fsp3) is 0.294. The van der Waals surface area contributed by atoms with Crippen molar-refractivity contribution in [3.8, 4) is 0 Å². The van der Waals surface area contributed by atoms with Gasteiger partial charge in [0.05, 0.1) is 0 Å². The zero-order chi connectivity index (χ0) is 14.7. The predicted octanol–water partition coefficient (Wildman–Crippen LogP) is 3.47. The van der Waals surface area contributed by atoms with Gasteiger partial charge in [0.25, 0.3) is 0 Å². The minimum absolute atomic E-state index is 0.416. The van der Waals surface area contributed by atoms with Crippen LogP contribution in [0.2, 0.25) is 0 Å². The molecule has 0 bridgehead atoms. The molecule has 0 aromatic heterocycles. The van der Waals surface area contributed by atoms with Crippen LogP contribution in [0.5, 0.6) is 0 Å². The third-order valence-corrected chi connectivity index (χ3v) is 3.83. The van der Waals surface area contributed by atoms with Crippen LogP contribution in [0.15, 0.2) is 49.8 Å². The highest BCUT2D eigenvalue weighted by Crippen LogP contribution is 2.35. The molecule has 1 atom stereocenters. The molecule has 0 radical (unpaired) electrons. The average molecular weight is 269 g/mol. The molecule has 1 aliphatic heterocycles. The molecule has 20 heavy (non-hydrogen) atoms. The van der Waals surface area contributed by atoms with Gasteiger partial charge in [-0.25, -0.2) is 0 Å². The van der Waals surface area contributed by atoms with Crippen molar-refractivity contribution in [3.63, 3.8) is 0 Å². The zero-order valence-corrected chi connectivity index (χ0v) is 12.2. The van der Waals surface area contributed by atoms with E-state index in [4.69, 9.17) is 5.73 Å². The largest absolute Gasteiger partial charge is 0.399 e. The van der Waals surface area contributed by atoms with Crippen LogP contribution >= 0.6 is 0 Å². The van der Waals surface area contributed by atoms with Crippen molar-refractivity contribution in [1.29, 1.82) is 0 Å². The van der Waals surface area contributed by atoms with Gasteiger partial charge in [0.2, 0.25) is 0 Å². The van der Waals surface area contributed by atoms with Crippen molar-refractivity contribution < 1.29 is 0 Å². The molecule has 3 heteroatoms. The molecule has 0 fully saturated rings. The first kappa shape index (κ1) is 14.3. The Morgan fingerprint density at radius 1 is 1.55 bits per heavy atom. The molecule has 2 rings (SSSR count). The Kier molecular flexibility index (Phi) is 4.18. The molecule has 0 saturated heterocycles. The lowest BCUT2D eigenvalue weighted by atomic mass is 10.1. The monoisotopic (exact) mass is 269 g/mol. The van der Waals surface area contributed by atoms with Crippen LogP contribution in [0.4, 0.5) is 5.69 Å². The maximum Gasteiger partial charge on any atom is 0.0439 e. The quantitative estimate of drug-likeness (QED) is 0.777. The van der Waals surface area contributed by atoms with Crippen LogP contribution in [0.3, 0.4) is 0 Å². The summed E-state index contributed by atoms with van der Waals surface area (Å²) in [6.07, 6.45) is 3.62. The van der Waals surface area contributed by atoms with Crippen molar-refractivity contribution in [2.45, 2.75) is 32.4 Å². The summed E-state index contributed by atoms with van der Waals surface area (Å²) in [7, 11) is 0. The highest BCUT2D eigenvalue weighted by atomic mass is 15.2. The predicted molar refractivity (Wildman–Crippen MR) is 86.6 cm³/mol. The number of fused-ring (bicyclic) bond motifs is 1. The van der Waals surface area contributed by atoms with Gasteiger partial charge in [-0.05, 0) is 43.7 Å². The highest BCUT2D eigenvalue weighted by Gasteiger charge is 2.25. The summed E-state index contributed by atoms with van der Waals surface area (Å²) in [6.45, 7) is 15.0. The van der Waals surface area contributed by atoms with Gasteiger partial charge in [0.1, 0.15) is 0 Å². The molecule has 3 nitrogen and oxygen atoms in total. The number of hydrogen-bond acceptors (Lipinski definition) is 3. The number of allylic oxidation sites excluding steroid dienone is 1. The van der Waals surface area contributed by atoms with E-state index in [0.717, 1.165) is 36.5 Å². The lowest BCUT2D eigenvalue weighted by molar-refractivity contribution is 0.303. The number of nitrogens with two attached hydrogens (primary N) is 1. The third kappa shape index (κ3) is 2.87. The van der Waals surface area contributed by atoms with E-state index < -0.39 is 0 Å². The van der Waals surface area contributed by atoms with Gasteiger partial charge in [0.15, 0.2) is 0 Å². The molecule has 0 spiro atoms. The Bertz CT molecular complexity index is 545. The Morgan fingerprint density at radius 3 is 3.00 bits per heavy atom. The summed E-state index contributed by atoms with van der Waals surface area (Å²) >= 11 is 0. The normalized spacial score (nSPS) is 14.8. The summed E-state index contributed by atoms with van der Waals surface area (Å²) in [6, 6.07) is 6.47. The van der Waals surface area contributed by atoms with E-state index in [1.54, 1.807) is 6.20 Å². The average Bonchev–Trinajstić information content (AvgIpc) is 2.73. The van der Waals surface area contributed by atoms with Gasteiger partial charge < -0.3 is 16.0 Å². The maximum absolute atomic E-state index is 5.85. The van der Waals surface area contributed by atoms with E-state index in [0.29, 0.717) is 6.04 Å².